The van der Waals surface area contributed by atoms with Crippen molar-refractivity contribution in [3.63, 3.8) is 0 Å². The second-order valence-corrected chi connectivity index (χ2v) is 4.23. The van der Waals surface area contributed by atoms with E-state index in [0.717, 1.165) is 17.7 Å². The van der Waals surface area contributed by atoms with E-state index in [-0.39, 0.29) is 0 Å². The van der Waals surface area contributed by atoms with Gasteiger partial charge in [-0.2, -0.15) is 0 Å². The lowest BCUT2D eigenvalue weighted by Crippen LogP contribution is -2.14. The van der Waals surface area contributed by atoms with Crippen molar-refractivity contribution in [3.8, 4) is 0 Å². The third-order valence-corrected chi connectivity index (χ3v) is 2.97. The number of nitrogens with two attached hydrogens (primary N) is 1. The van der Waals surface area contributed by atoms with Crippen LogP contribution in [0.1, 0.15) is 29.9 Å². The standard InChI is InChI=1S/C13H13ClFNO/c1-2-12-10(5-6-17-12)13(16)9-4-3-8(14)7-11(9)15/h3-7,13H,2,16H2,1H3. The van der Waals surface area contributed by atoms with Gasteiger partial charge in [0, 0.05) is 22.6 Å². The van der Waals surface area contributed by atoms with Crippen molar-refractivity contribution in [1.82, 2.24) is 0 Å². The summed E-state index contributed by atoms with van der Waals surface area (Å²) in [7, 11) is 0. The van der Waals surface area contributed by atoms with Gasteiger partial charge in [0.25, 0.3) is 0 Å². The number of hydrogen-bond acceptors (Lipinski definition) is 2. The molecular weight excluding hydrogens is 241 g/mol. The Morgan fingerprint density at radius 2 is 2.12 bits per heavy atom. The maximum absolute atomic E-state index is 13.7. The van der Waals surface area contributed by atoms with Gasteiger partial charge in [0.05, 0.1) is 12.3 Å². The summed E-state index contributed by atoms with van der Waals surface area (Å²) in [6.45, 7) is 1.97. The quantitative estimate of drug-likeness (QED) is 0.906. The predicted octanol–water partition coefficient (Wildman–Crippen LogP) is 3.68. The van der Waals surface area contributed by atoms with Crippen molar-refractivity contribution in [2.24, 2.45) is 5.73 Å². The summed E-state index contributed by atoms with van der Waals surface area (Å²) in [5.74, 6) is 0.389. The Hall–Kier alpha value is -1.32. The van der Waals surface area contributed by atoms with Gasteiger partial charge in [-0.3, -0.25) is 0 Å². The van der Waals surface area contributed by atoms with Gasteiger partial charge in [-0.05, 0) is 18.2 Å². The van der Waals surface area contributed by atoms with Gasteiger partial charge in [-0.25, -0.2) is 4.39 Å². The van der Waals surface area contributed by atoms with E-state index in [1.54, 1.807) is 24.5 Å². The van der Waals surface area contributed by atoms with Crippen LogP contribution in [0.25, 0.3) is 0 Å². The largest absolute Gasteiger partial charge is 0.469 e. The van der Waals surface area contributed by atoms with E-state index in [0.29, 0.717) is 10.6 Å². The summed E-state index contributed by atoms with van der Waals surface area (Å²) in [5.41, 5.74) is 7.28. The molecule has 0 spiro atoms. The molecule has 0 bridgehead atoms. The minimum atomic E-state index is -0.527. The van der Waals surface area contributed by atoms with Crippen molar-refractivity contribution < 1.29 is 8.81 Å². The van der Waals surface area contributed by atoms with Crippen molar-refractivity contribution >= 4 is 11.6 Å². The Morgan fingerprint density at radius 1 is 1.35 bits per heavy atom. The monoisotopic (exact) mass is 253 g/mol. The number of benzene rings is 1. The van der Waals surface area contributed by atoms with Crippen LogP contribution in [0, 0.1) is 5.82 Å². The fourth-order valence-corrected chi connectivity index (χ4v) is 2.00. The summed E-state index contributed by atoms with van der Waals surface area (Å²) in [6.07, 6.45) is 2.30. The average Bonchev–Trinajstić information content (AvgIpc) is 2.76. The smallest absolute Gasteiger partial charge is 0.129 e. The Kier molecular flexibility index (Phi) is 3.50. The third-order valence-electron chi connectivity index (χ3n) is 2.73. The SMILES string of the molecule is CCc1occc1C(N)c1ccc(Cl)cc1F. The molecule has 1 aromatic carbocycles. The van der Waals surface area contributed by atoms with Crippen LogP contribution in [0.5, 0.6) is 0 Å². The number of furan rings is 1. The first-order chi connectivity index (χ1) is 8.13. The van der Waals surface area contributed by atoms with Crippen LogP contribution >= 0.6 is 11.6 Å². The Labute approximate surface area is 104 Å². The number of rotatable bonds is 3. The van der Waals surface area contributed by atoms with Crippen LogP contribution in [0.3, 0.4) is 0 Å². The van der Waals surface area contributed by atoms with Gasteiger partial charge in [0.15, 0.2) is 0 Å². The van der Waals surface area contributed by atoms with E-state index in [1.807, 2.05) is 6.92 Å². The van der Waals surface area contributed by atoms with E-state index >= 15 is 0 Å². The Morgan fingerprint density at radius 3 is 2.76 bits per heavy atom. The fraction of sp³-hybridized carbons (Fsp3) is 0.231. The van der Waals surface area contributed by atoms with Crippen LogP contribution in [-0.2, 0) is 6.42 Å². The van der Waals surface area contributed by atoms with E-state index in [9.17, 15) is 4.39 Å². The second kappa shape index (κ2) is 4.90. The zero-order valence-corrected chi connectivity index (χ0v) is 10.2. The van der Waals surface area contributed by atoms with Gasteiger partial charge >= 0.3 is 0 Å². The summed E-state index contributed by atoms with van der Waals surface area (Å²) < 4.78 is 19.0. The highest BCUT2D eigenvalue weighted by Gasteiger charge is 2.18. The molecule has 0 radical (unpaired) electrons. The van der Waals surface area contributed by atoms with Gasteiger partial charge in [0.2, 0.25) is 0 Å². The highest BCUT2D eigenvalue weighted by atomic mass is 35.5. The molecule has 1 heterocycles. The molecule has 0 amide bonds. The summed E-state index contributed by atoms with van der Waals surface area (Å²) >= 11 is 5.71. The topological polar surface area (TPSA) is 39.2 Å². The lowest BCUT2D eigenvalue weighted by atomic mass is 9.99. The molecule has 2 nitrogen and oxygen atoms in total. The molecule has 4 heteroatoms. The molecule has 0 aliphatic rings. The minimum absolute atomic E-state index is 0.362. The molecule has 2 N–H and O–H groups in total. The van der Waals surface area contributed by atoms with Crippen molar-refractivity contribution in [2.75, 3.05) is 0 Å². The second-order valence-electron chi connectivity index (χ2n) is 3.80. The predicted molar refractivity (Wildman–Crippen MR) is 65.5 cm³/mol. The van der Waals surface area contributed by atoms with Gasteiger partial charge in [-0.1, -0.05) is 24.6 Å². The summed E-state index contributed by atoms with van der Waals surface area (Å²) in [6, 6.07) is 5.75. The zero-order chi connectivity index (χ0) is 12.4. The van der Waals surface area contributed by atoms with E-state index in [1.165, 1.54) is 6.07 Å². The van der Waals surface area contributed by atoms with Gasteiger partial charge in [-0.15, -0.1) is 0 Å². The van der Waals surface area contributed by atoms with E-state index < -0.39 is 11.9 Å². The number of aryl methyl sites for hydroxylation is 1. The molecule has 2 rings (SSSR count). The first kappa shape index (κ1) is 12.1. The van der Waals surface area contributed by atoms with Gasteiger partial charge in [0.1, 0.15) is 11.6 Å². The van der Waals surface area contributed by atoms with Crippen LogP contribution < -0.4 is 5.73 Å². The molecule has 17 heavy (non-hydrogen) atoms. The van der Waals surface area contributed by atoms with Crippen LogP contribution in [0.4, 0.5) is 4.39 Å². The van der Waals surface area contributed by atoms with Crippen molar-refractivity contribution in [1.29, 1.82) is 0 Å². The molecule has 0 aliphatic carbocycles. The molecule has 1 unspecified atom stereocenters. The maximum atomic E-state index is 13.7. The molecule has 0 saturated carbocycles. The van der Waals surface area contributed by atoms with Crippen LogP contribution in [0.2, 0.25) is 5.02 Å². The molecule has 90 valence electrons. The van der Waals surface area contributed by atoms with Crippen LogP contribution in [0.15, 0.2) is 34.9 Å². The number of hydrogen-bond donors (Lipinski definition) is 1. The van der Waals surface area contributed by atoms with Gasteiger partial charge < -0.3 is 10.2 Å². The minimum Gasteiger partial charge on any atom is -0.469 e. The normalized spacial score (nSPS) is 12.7. The van der Waals surface area contributed by atoms with Crippen LogP contribution in [-0.4, -0.2) is 0 Å². The summed E-state index contributed by atoms with van der Waals surface area (Å²) in [5, 5.41) is 0.362. The lowest BCUT2D eigenvalue weighted by molar-refractivity contribution is 0.507. The average molecular weight is 254 g/mol. The molecule has 0 saturated heterocycles. The van der Waals surface area contributed by atoms with E-state index in [4.69, 9.17) is 21.8 Å². The Balaban J connectivity index is 2.40. The molecule has 0 aliphatic heterocycles. The highest BCUT2D eigenvalue weighted by molar-refractivity contribution is 6.30. The highest BCUT2D eigenvalue weighted by Crippen LogP contribution is 2.27. The third kappa shape index (κ3) is 2.35. The van der Waals surface area contributed by atoms with Crippen molar-refractivity contribution in [3.05, 3.63) is 58.3 Å². The lowest BCUT2D eigenvalue weighted by Gasteiger charge is -2.13. The van der Waals surface area contributed by atoms with Crippen molar-refractivity contribution in [2.45, 2.75) is 19.4 Å². The molecule has 2 aromatic rings. The molecular formula is C13H13ClFNO. The zero-order valence-electron chi connectivity index (χ0n) is 9.41. The van der Waals surface area contributed by atoms with E-state index in [2.05, 4.69) is 0 Å². The first-order valence-electron chi connectivity index (χ1n) is 5.40. The molecule has 0 fully saturated rings. The molecule has 1 atom stereocenters. The maximum Gasteiger partial charge on any atom is 0.129 e. The summed E-state index contributed by atoms with van der Waals surface area (Å²) in [4.78, 5) is 0. The fourth-order valence-electron chi connectivity index (χ4n) is 1.84. The number of halogens is 2. The Bertz CT molecular complexity index is 524. The first-order valence-corrected chi connectivity index (χ1v) is 5.78. The molecule has 1 aromatic heterocycles.